The highest BCUT2D eigenvalue weighted by atomic mass is 32.2. The van der Waals surface area contributed by atoms with Crippen LogP contribution in [-0.2, 0) is 16.1 Å². The van der Waals surface area contributed by atoms with Crippen LogP contribution >= 0.6 is 11.8 Å². The van der Waals surface area contributed by atoms with Crippen LogP contribution in [-0.4, -0.2) is 32.4 Å². The molecule has 0 fully saturated rings. The van der Waals surface area contributed by atoms with Gasteiger partial charge in [-0.1, -0.05) is 30.0 Å². The molecule has 2 aromatic heterocycles. The number of nitrogens with one attached hydrogen (secondary N) is 1. The van der Waals surface area contributed by atoms with Crippen molar-refractivity contribution in [3.8, 4) is 0 Å². The van der Waals surface area contributed by atoms with Crippen LogP contribution in [0.25, 0.3) is 21.9 Å². The predicted molar refractivity (Wildman–Crippen MR) is 95.5 cm³/mol. The Balaban J connectivity index is 2.14. The van der Waals surface area contributed by atoms with Crippen molar-refractivity contribution in [3.05, 3.63) is 34.6 Å². The first kappa shape index (κ1) is 16.6. The molecule has 0 saturated carbocycles. The minimum absolute atomic E-state index is 0.128. The highest BCUT2D eigenvalue weighted by molar-refractivity contribution is 8.00. The molecule has 0 unspecified atom stereocenters. The lowest BCUT2D eigenvalue weighted by atomic mass is 10.2. The molecule has 0 spiro atoms. The fourth-order valence-electron chi connectivity index (χ4n) is 2.61. The highest BCUT2D eigenvalue weighted by Crippen LogP contribution is 2.26. The summed E-state index contributed by atoms with van der Waals surface area (Å²) in [5.41, 5.74) is 1.88. The van der Waals surface area contributed by atoms with Crippen molar-refractivity contribution in [2.75, 3.05) is 6.61 Å². The van der Waals surface area contributed by atoms with E-state index in [1.54, 1.807) is 18.4 Å². The van der Waals surface area contributed by atoms with E-state index >= 15 is 0 Å². The van der Waals surface area contributed by atoms with Crippen molar-refractivity contribution in [1.29, 1.82) is 0 Å². The number of hydrogen-bond acceptors (Lipinski definition) is 5. The molecule has 1 atom stereocenters. The molecule has 0 saturated heterocycles. The van der Waals surface area contributed by atoms with Gasteiger partial charge in [0.05, 0.1) is 6.61 Å². The highest BCUT2D eigenvalue weighted by Gasteiger charge is 2.21. The van der Waals surface area contributed by atoms with E-state index in [9.17, 15) is 9.59 Å². The van der Waals surface area contributed by atoms with Crippen LogP contribution in [0.5, 0.6) is 0 Å². The second kappa shape index (κ2) is 6.68. The number of carbonyl (C=O) groups excluding carboxylic acids is 1. The van der Waals surface area contributed by atoms with Gasteiger partial charge in [0.15, 0.2) is 5.16 Å². The van der Waals surface area contributed by atoms with E-state index in [1.807, 2.05) is 31.2 Å². The lowest BCUT2D eigenvalue weighted by molar-refractivity contribution is -0.142. The molecular weight excluding hydrogens is 326 g/mol. The lowest BCUT2D eigenvalue weighted by Crippen LogP contribution is -2.25. The zero-order valence-electron chi connectivity index (χ0n) is 13.8. The first-order chi connectivity index (χ1) is 11.6. The van der Waals surface area contributed by atoms with Crippen molar-refractivity contribution in [2.24, 2.45) is 0 Å². The maximum absolute atomic E-state index is 12.8. The standard InChI is InChI=1S/C17H19N3O3S/c1-4-20-15(21)14-13(11-8-6-7-9-12(11)18-14)19-17(20)24-10(3)16(22)23-5-2/h6-10,18H,4-5H2,1-3H3/t10-/m0/s1. The van der Waals surface area contributed by atoms with E-state index in [0.29, 0.717) is 29.3 Å². The van der Waals surface area contributed by atoms with Crippen LogP contribution in [0.3, 0.4) is 0 Å². The molecule has 2 heterocycles. The van der Waals surface area contributed by atoms with Crippen LogP contribution in [0.2, 0.25) is 0 Å². The van der Waals surface area contributed by atoms with Gasteiger partial charge in [0, 0.05) is 17.4 Å². The topological polar surface area (TPSA) is 77.0 Å². The third-order valence-corrected chi connectivity index (χ3v) is 4.86. The number of thioether (sulfide) groups is 1. The van der Waals surface area contributed by atoms with E-state index in [0.717, 1.165) is 10.9 Å². The fourth-order valence-corrected chi connectivity index (χ4v) is 3.57. The number of H-pyrrole nitrogens is 1. The molecule has 0 aliphatic rings. The monoisotopic (exact) mass is 345 g/mol. The van der Waals surface area contributed by atoms with Crippen LogP contribution in [0.15, 0.2) is 34.2 Å². The lowest BCUT2D eigenvalue weighted by Gasteiger charge is -2.13. The van der Waals surface area contributed by atoms with E-state index in [-0.39, 0.29) is 11.5 Å². The molecule has 0 bridgehead atoms. The Kier molecular flexibility index (Phi) is 4.62. The number of carbonyl (C=O) groups is 1. The number of ether oxygens (including phenoxy) is 1. The number of fused-ring (bicyclic) bond motifs is 3. The molecule has 7 heteroatoms. The first-order valence-corrected chi connectivity index (χ1v) is 8.79. The van der Waals surface area contributed by atoms with Gasteiger partial charge in [0.2, 0.25) is 0 Å². The molecule has 3 aromatic rings. The minimum Gasteiger partial charge on any atom is -0.465 e. The molecule has 3 rings (SSSR count). The Labute approximate surface area is 143 Å². The van der Waals surface area contributed by atoms with Gasteiger partial charge in [-0.15, -0.1) is 0 Å². The maximum Gasteiger partial charge on any atom is 0.319 e. The van der Waals surface area contributed by atoms with E-state index in [2.05, 4.69) is 9.97 Å². The number of aromatic nitrogens is 3. The van der Waals surface area contributed by atoms with E-state index in [4.69, 9.17) is 4.74 Å². The number of aromatic amines is 1. The van der Waals surface area contributed by atoms with Gasteiger partial charge in [-0.05, 0) is 26.8 Å². The maximum atomic E-state index is 12.8. The first-order valence-electron chi connectivity index (χ1n) is 7.91. The van der Waals surface area contributed by atoms with Crippen molar-refractivity contribution in [2.45, 2.75) is 37.7 Å². The molecule has 0 radical (unpaired) electrons. The molecular formula is C17H19N3O3S. The third kappa shape index (κ3) is 2.80. The Morgan fingerprint density at radius 3 is 2.83 bits per heavy atom. The average Bonchev–Trinajstić information content (AvgIpc) is 2.94. The predicted octanol–water partition coefficient (Wildman–Crippen LogP) is 2.94. The van der Waals surface area contributed by atoms with Crippen LogP contribution in [0.1, 0.15) is 20.8 Å². The van der Waals surface area contributed by atoms with Crippen LogP contribution in [0, 0.1) is 0 Å². The summed E-state index contributed by atoms with van der Waals surface area (Å²) in [4.78, 5) is 32.5. The smallest absolute Gasteiger partial charge is 0.319 e. The van der Waals surface area contributed by atoms with Crippen LogP contribution < -0.4 is 5.56 Å². The average molecular weight is 345 g/mol. The zero-order chi connectivity index (χ0) is 17.3. The van der Waals surface area contributed by atoms with Gasteiger partial charge in [-0.2, -0.15) is 0 Å². The van der Waals surface area contributed by atoms with Crippen molar-refractivity contribution < 1.29 is 9.53 Å². The number of nitrogens with zero attached hydrogens (tertiary/aromatic N) is 2. The molecule has 6 nitrogen and oxygen atoms in total. The molecule has 0 amide bonds. The molecule has 0 aliphatic carbocycles. The van der Waals surface area contributed by atoms with Crippen LogP contribution in [0.4, 0.5) is 0 Å². The summed E-state index contributed by atoms with van der Waals surface area (Å²) < 4.78 is 6.62. The number of rotatable bonds is 5. The Morgan fingerprint density at radius 1 is 1.38 bits per heavy atom. The number of esters is 1. The van der Waals surface area contributed by atoms with Crippen molar-refractivity contribution in [1.82, 2.24) is 14.5 Å². The fraction of sp³-hybridized carbons (Fsp3) is 0.353. The summed E-state index contributed by atoms with van der Waals surface area (Å²) in [6, 6.07) is 7.67. The SMILES string of the molecule is CCOC(=O)[C@H](C)Sc1nc2c([nH]c3ccccc32)c(=O)n1CC. The molecule has 126 valence electrons. The number of hydrogen-bond donors (Lipinski definition) is 1. The van der Waals surface area contributed by atoms with E-state index < -0.39 is 5.25 Å². The Morgan fingerprint density at radius 2 is 2.12 bits per heavy atom. The summed E-state index contributed by atoms with van der Waals surface area (Å²) in [6.07, 6.45) is 0. The normalized spacial score (nSPS) is 12.6. The minimum atomic E-state index is -0.433. The van der Waals surface area contributed by atoms with Crippen molar-refractivity contribution >= 4 is 39.7 Å². The van der Waals surface area contributed by atoms with Gasteiger partial charge < -0.3 is 9.72 Å². The van der Waals surface area contributed by atoms with Gasteiger partial charge >= 0.3 is 5.97 Å². The summed E-state index contributed by atoms with van der Waals surface area (Å²) in [5, 5.41) is 0.996. The zero-order valence-corrected chi connectivity index (χ0v) is 14.6. The summed E-state index contributed by atoms with van der Waals surface area (Å²) in [7, 11) is 0. The molecule has 1 N–H and O–H groups in total. The largest absolute Gasteiger partial charge is 0.465 e. The molecule has 1 aromatic carbocycles. The van der Waals surface area contributed by atoms with Crippen molar-refractivity contribution in [3.63, 3.8) is 0 Å². The summed E-state index contributed by atoms with van der Waals surface area (Å²) in [5.74, 6) is -0.307. The second-order valence-electron chi connectivity index (χ2n) is 5.35. The Bertz CT molecular complexity index is 961. The van der Waals surface area contributed by atoms with Gasteiger partial charge in [-0.3, -0.25) is 14.2 Å². The summed E-state index contributed by atoms with van der Waals surface area (Å²) >= 11 is 1.25. The third-order valence-electron chi connectivity index (χ3n) is 3.79. The van der Waals surface area contributed by atoms with Gasteiger partial charge in [0.1, 0.15) is 16.3 Å². The van der Waals surface area contributed by atoms with Gasteiger partial charge in [-0.25, -0.2) is 4.98 Å². The Hall–Kier alpha value is -2.28. The summed E-state index contributed by atoms with van der Waals surface area (Å²) in [6.45, 7) is 6.23. The number of para-hydroxylation sites is 1. The second-order valence-corrected chi connectivity index (χ2v) is 6.66. The molecule has 0 aliphatic heterocycles. The number of benzene rings is 1. The van der Waals surface area contributed by atoms with E-state index in [1.165, 1.54) is 11.8 Å². The van der Waals surface area contributed by atoms with Gasteiger partial charge in [0.25, 0.3) is 5.56 Å². The quantitative estimate of drug-likeness (QED) is 0.437. The molecule has 24 heavy (non-hydrogen) atoms.